The Balaban J connectivity index is 2.33. The fourth-order valence-corrected chi connectivity index (χ4v) is 7.24. The summed E-state index contributed by atoms with van der Waals surface area (Å²) in [6.45, 7) is 19.8. The van der Waals surface area contributed by atoms with Gasteiger partial charge < -0.3 is 5.73 Å². The first kappa shape index (κ1) is 41.4. The maximum absolute atomic E-state index is 6.35. The van der Waals surface area contributed by atoms with Gasteiger partial charge in [0.15, 0.2) is 0 Å². The maximum atomic E-state index is 6.35. The van der Waals surface area contributed by atoms with E-state index in [0.717, 1.165) is 68.1 Å². The summed E-state index contributed by atoms with van der Waals surface area (Å²) in [6, 6.07) is 9.04. The molecule has 0 amide bonds. The minimum atomic E-state index is -0.294. The Kier molecular flexibility index (Phi) is 17.9. The van der Waals surface area contributed by atoms with Crippen LogP contribution < -0.4 is 5.73 Å². The molecule has 0 spiro atoms. The molecular formula is C49H63NS. The summed E-state index contributed by atoms with van der Waals surface area (Å²) in [4.78, 5) is 0. The van der Waals surface area contributed by atoms with E-state index in [0.29, 0.717) is 18.0 Å². The molecule has 1 nitrogen and oxygen atoms in total. The number of rotatable bonds is 15. The molecule has 0 radical (unpaired) electrons. The number of allylic oxidation sites excluding steroid dienone is 22. The molecule has 0 aliphatic heterocycles. The number of unbranched alkanes of at least 4 members (excludes halogenated alkanes) is 1. The first-order chi connectivity index (χ1) is 24.7. The van der Waals surface area contributed by atoms with Crippen LogP contribution in [-0.2, 0) is 5.41 Å². The summed E-state index contributed by atoms with van der Waals surface area (Å²) in [5.74, 6) is 0.431. The molecule has 0 heterocycles. The van der Waals surface area contributed by atoms with E-state index in [-0.39, 0.29) is 10.7 Å². The lowest BCUT2D eigenvalue weighted by Crippen LogP contribution is -2.36. The molecule has 3 unspecified atom stereocenters. The van der Waals surface area contributed by atoms with Crippen molar-refractivity contribution in [2.75, 3.05) is 0 Å². The van der Waals surface area contributed by atoms with Crippen LogP contribution in [0.2, 0.25) is 0 Å². The second-order valence-corrected chi connectivity index (χ2v) is 14.5. The summed E-state index contributed by atoms with van der Waals surface area (Å²) in [6.07, 6.45) is 46.5. The van der Waals surface area contributed by atoms with Crippen molar-refractivity contribution in [1.29, 1.82) is 0 Å². The Hall–Kier alpha value is -4.01. The highest BCUT2D eigenvalue weighted by Gasteiger charge is 2.38. The molecule has 51 heavy (non-hydrogen) atoms. The third-order valence-electron chi connectivity index (χ3n) is 10.0. The van der Waals surface area contributed by atoms with Gasteiger partial charge in [-0.1, -0.05) is 167 Å². The van der Waals surface area contributed by atoms with Crippen molar-refractivity contribution in [2.24, 2.45) is 5.73 Å². The van der Waals surface area contributed by atoms with Gasteiger partial charge in [-0.05, 0) is 110 Å². The maximum Gasteiger partial charge on any atom is 0.0302 e. The SMILES string of the molecule is C=C(N)CC(=C\CC1=CC=CCC1)/C1=C/C(=C)C(/C(C)=C/C=C\CCC)=C\C=C/C(S)C(C/C=C\C=C/C)(c2ccccc2C(C)CC)CC=C1. The molecule has 2 aliphatic carbocycles. The van der Waals surface area contributed by atoms with Gasteiger partial charge in [-0.3, -0.25) is 0 Å². The minimum absolute atomic E-state index is 0.0564. The lowest BCUT2D eigenvalue weighted by molar-refractivity contribution is 0.445. The zero-order valence-corrected chi connectivity index (χ0v) is 33.0. The largest absolute Gasteiger partial charge is 0.402 e. The highest BCUT2D eigenvalue weighted by Crippen LogP contribution is 2.44. The van der Waals surface area contributed by atoms with E-state index in [9.17, 15) is 0 Å². The van der Waals surface area contributed by atoms with Gasteiger partial charge in [0.25, 0.3) is 0 Å². The van der Waals surface area contributed by atoms with Crippen LogP contribution >= 0.6 is 12.6 Å². The zero-order chi connectivity index (χ0) is 37.1. The third kappa shape index (κ3) is 12.6. The Labute approximate surface area is 317 Å². The van der Waals surface area contributed by atoms with E-state index >= 15 is 0 Å². The van der Waals surface area contributed by atoms with Gasteiger partial charge in [-0.2, -0.15) is 12.6 Å². The van der Waals surface area contributed by atoms with E-state index in [2.05, 4.69) is 175 Å². The Bertz CT molecular complexity index is 1670. The molecule has 1 aromatic carbocycles. The van der Waals surface area contributed by atoms with Crippen LogP contribution in [0, 0.1) is 0 Å². The second kappa shape index (κ2) is 22.0. The molecule has 2 aliphatic rings. The summed E-state index contributed by atoms with van der Waals surface area (Å²) < 4.78 is 0. The molecule has 0 bridgehead atoms. The average Bonchev–Trinajstić information content (AvgIpc) is 3.13. The monoisotopic (exact) mass is 697 g/mol. The van der Waals surface area contributed by atoms with E-state index in [1.165, 1.54) is 27.8 Å². The van der Waals surface area contributed by atoms with Crippen molar-refractivity contribution in [3.63, 3.8) is 0 Å². The Morgan fingerprint density at radius 1 is 1.08 bits per heavy atom. The highest BCUT2D eigenvalue weighted by molar-refractivity contribution is 7.81. The number of hydrogen-bond acceptors (Lipinski definition) is 2. The van der Waals surface area contributed by atoms with Crippen molar-refractivity contribution in [1.82, 2.24) is 0 Å². The first-order valence-corrected chi connectivity index (χ1v) is 19.5. The summed E-state index contributed by atoms with van der Waals surface area (Å²) >= 11 is 5.45. The van der Waals surface area contributed by atoms with Gasteiger partial charge in [0.05, 0.1) is 0 Å². The van der Waals surface area contributed by atoms with Crippen LogP contribution in [0.25, 0.3) is 0 Å². The molecule has 2 heteroatoms. The van der Waals surface area contributed by atoms with Crippen molar-refractivity contribution in [3.05, 3.63) is 191 Å². The van der Waals surface area contributed by atoms with Gasteiger partial charge in [-0.15, -0.1) is 0 Å². The second-order valence-electron chi connectivity index (χ2n) is 14.0. The van der Waals surface area contributed by atoms with Crippen LogP contribution in [0.5, 0.6) is 0 Å². The quantitative estimate of drug-likeness (QED) is 0.138. The molecule has 0 fully saturated rings. The summed E-state index contributed by atoms with van der Waals surface area (Å²) in [5, 5.41) is -0.0564. The normalized spacial score (nSPS) is 24.2. The Morgan fingerprint density at radius 3 is 2.59 bits per heavy atom. The highest BCUT2D eigenvalue weighted by atomic mass is 32.1. The Morgan fingerprint density at radius 2 is 1.88 bits per heavy atom. The van der Waals surface area contributed by atoms with Gasteiger partial charge >= 0.3 is 0 Å². The number of thiol groups is 1. The predicted molar refractivity (Wildman–Crippen MR) is 231 cm³/mol. The summed E-state index contributed by atoms with van der Waals surface area (Å²) in [5.41, 5.74) is 16.4. The van der Waals surface area contributed by atoms with Crippen molar-refractivity contribution < 1.29 is 0 Å². The topological polar surface area (TPSA) is 26.0 Å². The van der Waals surface area contributed by atoms with Crippen molar-refractivity contribution >= 4 is 12.6 Å². The van der Waals surface area contributed by atoms with E-state index in [1.54, 1.807) is 0 Å². The van der Waals surface area contributed by atoms with E-state index in [1.807, 2.05) is 0 Å². The molecule has 0 saturated heterocycles. The lowest BCUT2D eigenvalue weighted by atomic mass is 9.68. The van der Waals surface area contributed by atoms with Gasteiger partial charge in [-0.25, -0.2) is 0 Å². The van der Waals surface area contributed by atoms with Crippen LogP contribution in [0.4, 0.5) is 0 Å². The molecule has 1 aromatic rings. The van der Waals surface area contributed by atoms with Gasteiger partial charge in [0.1, 0.15) is 0 Å². The fourth-order valence-electron chi connectivity index (χ4n) is 6.79. The molecule has 3 atom stereocenters. The molecule has 2 N–H and O–H groups in total. The van der Waals surface area contributed by atoms with E-state index < -0.39 is 0 Å². The number of hydrogen-bond donors (Lipinski definition) is 2. The lowest BCUT2D eigenvalue weighted by Gasteiger charge is -2.39. The first-order valence-electron chi connectivity index (χ1n) is 19.0. The van der Waals surface area contributed by atoms with Gasteiger partial charge in [0.2, 0.25) is 0 Å². The molecule has 0 aromatic heterocycles. The standard InChI is InChI=1S/C49H63NS/c1-8-11-13-16-24-39(5)45-29-22-31-48(51)49(34-21-14-12-9-2,47-30-20-19-28-46(47)38(4)10-3)35-23-27-43(36-40(45)6)44(37-41(7)50)33-32-42-25-17-15-18-26-42/h9,12-17,19-25,27-31,33,36,38,48,51H,6-8,10-11,18,26,32,34-35,37,50H2,1-5H3/b12-9-,16-13-,21-14-,27-23?,31-22-,39-24+,43-36+,44-33+,45-29-. The number of nitrogens with two attached hydrogens (primary N) is 1. The zero-order valence-electron chi connectivity index (χ0n) is 32.1. The summed E-state index contributed by atoms with van der Waals surface area (Å²) in [7, 11) is 0. The smallest absolute Gasteiger partial charge is 0.0302 e. The fraction of sp³-hybridized carbons (Fsp3) is 0.347. The predicted octanol–water partition coefficient (Wildman–Crippen LogP) is 13.9. The molecule has 3 rings (SSSR count). The van der Waals surface area contributed by atoms with Crippen LogP contribution in [0.1, 0.15) is 109 Å². The van der Waals surface area contributed by atoms with Gasteiger partial charge in [0, 0.05) is 22.8 Å². The third-order valence-corrected chi connectivity index (χ3v) is 10.7. The average molecular weight is 698 g/mol. The molecular weight excluding hydrogens is 635 g/mol. The van der Waals surface area contributed by atoms with E-state index in [4.69, 9.17) is 18.4 Å². The van der Waals surface area contributed by atoms with Crippen LogP contribution in [0.3, 0.4) is 0 Å². The molecule has 270 valence electrons. The van der Waals surface area contributed by atoms with Crippen molar-refractivity contribution in [2.45, 2.75) is 109 Å². The van der Waals surface area contributed by atoms with Crippen LogP contribution in [-0.4, -0.2) is 5.25 Å². The molecule has 0 saturated carbocycles. The minimum Gasteiger partial charge on any atom is -0.402 e. The van der Waals surface area contributed by atoms with Crippen LogP contribution in [0.15, 0.2) is 180 Å². The number of benzene rings is 1. The van der Waals surface area contributed by atoms with Crippen molar-refractivity contribution in [3.8, 4) is 0 Å².